The molecule has 3 aromatic rings. The van der Waals surface area contributed by atoms with Crippen LogP contribution in [0.5, 0.6) is 0 Å². The van der Waals surface area contributed by atoms with Crippen molar-refractivity contribution in [3.05, 3.63) is 96.3 Å². The molecule has 1 N–H and O–H groups in total. The summed E-state index contributed by atoms with van der Waals surface area (Å²) in [5, 5.41) is 0.984. The highest BCUT2D eigenvalue weighted by Gasteiger charge is 2.23. The van der Waals surface area contributed by atoms with E-state index < -0.39 is 10.0 Å². The standard InChI is InChI=1S/C25H21N3O2S/c1-17-12-14-20(15-13-17)31(29,30)27-28-16-22-21-10-6-7-11-23(21)26-25(22)24(18(28)2)19-8-4-3-5-9-19/h3-16,27H,1-2H3. The molecular formula is C25H21N3O2S. The first-order valence-electron chi connectivity index (χ1n) is 9.99. The van der Waals surface area contributed by atoms with Gasteiger partial charge in [0, 0.05) is 28.4 Å². The van der Waals surface area contributed by atoms with E-state index in [0.29, 0.717) is 0 Å². The van der Waals surface area contributed by atoms with E-state index in [0.717, 1.165) is 44.5 Å². The Balaban J connectivity index is 1.75. The summed E-state index contributed by atoms with van der Waals surface area (Å²) in [5.41, 5.74) is 6.29. The number of hydrogen-bond donors (Lipinski definition) is 1. The lowest BCUT2D eigenvalue weighted by atomic mass is 9.97. The molecule has 3 aromatic carbocycles. The number of pyridine rings is 1. The Morgan fingerprint density at radius 3 is 2.26 bits per heavy atom. The maximum Gasteiger partial charge on any atom is 0.275 e. The van der Waals surface area contributed by atoms with Gasteiger partial charge in [-0.05, 0) is 37.6 Å². The van der Waals surface area contributed by atoms with Crippen molar-refractivity contribution in [2.75, 3.05) is 4.83 Å². The minimum Gasteiger partial charge on any atom is -0.257 e. The molecule has 0 atom stereocenters. The van der Waals surface area contributed by atoms with Crippen molar-refractivity contribution >= 4 is 20.9 Å². The fourth-order valence-electron chi connectivity index (χ4n) is 3.89. The van der Waals surface area contributed by atoms with Gasteiger partial charge in [0.2, 0.25) is 0 Å². The molecule has 0 saturated carbocycles. The van der Waals surface area contributed by atoms with Crippen molar-refractivity contribution in [2.24, 2.45) is 0 Å². The van der Waals surface area contributed by atoms with E-state index in [9.17, 15) is 8.42 Å². The quantitative estimate of drug-likeness (QED) is 0.420. The molecule has 2 heterocycles. The molecule has 2 aliphatic heterocycles. The maximum absolute atomic E-state index is 13.1. The third-order valence-electron chi connectivity index (χ3n) is 5.51. The normalized spacial score (nSPS) is 11.8. The third-order valence-corrected chi connectivity index (χ3v) is 6.84. The molecule has 2 aliphatic rings. The number of nitrogens with one attached hydrogen (secondary N) is 1. The number of rotatable bonds is 4. The molecule has 154 valence electrons. The Morgan fingerprint density at radius 2 is 1.52 bits per heavy atom. The van der Waals surface area contributed by atoms with E-state index in [4.69, 9.17) is 4.98 Å². The van der Waals surface area contributed by atoms with Gasteiger partial charge in [-0.2, -0.15) is 8.42 Å². The van der Waals surface area contributed by atoms with Gasteiger partial charge in [-0.25, -0.2) is 9.82 Å². The van der Waals surface area contributed by atoms with Gasteiger partial charge in [0.05, 0.1) is 16.1 Å². The number of nitrogens with zero attached hydrogens (tertiary/aromatic N) is 2. The summed E-state index contributed by atoms with van der Waals surface area (Å²) < 4.78 is 27.8. The number of benzene rings is 3. The van der Waals surface area contributed by atoms with Crippen LogP contribution in [0, 0.1) is 13.8 Å². The fraction of sp³-hybridized carbons (Fsp3) is 0.0800. The van der Waals surface area contributed by atoms with Gasteiger partial charge >= 0.3 is 0 Å². The minimum atomic E-state index is -3.76. The van der Waals surface area contributed by atoms with E-state index in [1.54, 1.807) is 28.9 Å². The van der Waals surface area contributed by atoms with Gasteiger partial charge in [0.1, 0.15) is 0 Å². The number of aryl methyl sites for hydroxylation is 1. The smallest absolute Gasteiger partial charge is 0.257 e. The molecule has 0 amide bonds. The zero-order chi connectivity index (χ0) is 21.6. The second kappa shape index (κ2) is 7.25. The highest BCUT2D eigenvalue weighted by molar-refractivity contribution is 7.92. The van der Waals surface area contributed by atoms with E-state index in [1.807, 2.05) is 74.6 Å². The number of aromatic nitrogens is 2. The van der Waals surface area contributed by atoms with Crippen LogP contribution in [0.15, 0.2) is 90.0 Å². The lowest BCUT2D eigenvalue weighted by Crippen LogP contribution is -2.25. The van der Waals surface area contributed by atoms with Crippen molar-refractivity contribution in [3.8, 4) is 22.4 Å². The minimum absolute atomic E-state index is 0.219. The average molecular weight is 428 g/mol. The van der Waals surface area contributed by atoms with Crippen molar-refractivity contribution < 1.29 is 8.42 Å². The summed E-state index contributed by atoms with van der Waals surface area (Å²) in [4.78, 5) is 7.83. The van der Waals surface area contributed by atoms with Gasteiger partial charge in [0.25, 0.3) is 10.0 Å². The van der Waals surface area contributed by atoms with E-state index in [-0.39, 0.29) is 4.90 Å². The summed E-state index contributed by atoms with van der Waals surface area (Å²) in [5.74, 6) is 0. The Bertz CT molecular complexity index is 1470. The molecule has 5 rings (SSSR count). The molecule has 0 bridgehead atoms. The van der Waals surface area contributed by atoms with Gasteiger partial charge in [-0.15, -0.1) is 0 Å². The van der Waals surface area contributed by atoms with Gasteiger partial charge in [-0.1, -0.05) is 66.2 Å². The lowest BCUT2D eigenvalue weighted by Gasteiger charge is -2.20. The van der Waals surface area contributed by atoms with Crippen LogP contribution in [-0.2, 0) is 10.0 Å². The number of fused-ring (bicyclic) bond motifs is 3. The van der Waals surface area contributed by atoms with Crippen LogP contribution in [0.4, 0.5) is 0 Å². The Labute approximate surface area is 181 Å². The molecule has 0 aliphatic carbocycles. The van der Waals surface area contributed by atoms with Crippen LogP contribution in [-0.4, -0.2) is 18.1 Å². The molecular weight excluding hydrogens is 406 g/mol. The second-order valence-electron chi connectivity index (χ2n) is 7.62. The summed E-state index contributed by atoms with van der Waals surface area (Å²) in [7, 11) is -3.76. The van der Waals surface area contributed by atoms with Crippen LogP contribution in [0.1, 0.15) is 11.3 Å². The van der Waals surface area contributed by atoms with Gasteiger partial charge in [0.15, 0.2) is 0 Å². The van der Waals surface area contributed by atoms with Crippen LogP contribution >= 0.6 is 0 Å². The molecule has 0 spiro atoms. The Morgan fingerprint density at radius 1 is 0.839 bits per heavy atom. The molecule has 0 unspecified atom stereocenters. The molecule has 31 heavy (non-hydrogen) atoms. The SMILES string of the molecule is Cc1ccc(S(=O)(=O)Nn2cc3c4ccccc4nc-3c(-c3ccccc3)c2C)cc1. The topological polar surface area (TPSA) is 64.0 Å². The summed E-state index contributed by atoms with van der Waals surface area (Å²) in [6.45, 7) is 3.83. The highest BCUT2D eigenvalue weighted by Crippen LogP contribution is 2.40. The van der Waals surface area contributed by atoms with Crippen molar-refractivity contribution in [3.63, 3.8) is 0 Å². The molecule has 0 aromatic heterocycles. The van der Waals surface area contributed by atoms with Crippen LogP contribution < -0.4 is 4.83 Å². The zero-order valence-electron chi connectivity index (χ0n) is 17.2. The van der Waals surface area contributed by atoms with Crippen LogP contribution in [0.2, 0.25) is 0 Å². The molecule has 5 nitrogen and oxygen atoms in total. The third kappa shape index (κ3) is 3.35. The lowest BCUT2D eigenvalue weighted by molar-refractivity contribution is 0.594. The number of para-hydroxylation sites is 1. The van der Waals surface area contributed by atoms with Gasteiger partial charge in [-0.3, -0.25) is 4.68 Å². The summed E-state index contributed by atoms with van der Waals surface area (Å²) in [6.07, 6.45) is 1.82. The molecule has 6 heteroatoms. The molecule has 0 saturated heterocycles. The summed E-state index contributed by atoms with van der Waals surface area (Å²) in [6, 6.07) is 24.6. The maximum atomic E-state index is 13.1. The van der Waals surface area contributed by atoms with Crippen molar-refractivity contribution in [1.82, 2.24) is 9.66 Å². The van der Waals surface area contributed by atoms with Gasteiger partial charge < -0.3 is 0 Å². The molecule has 0 radical (unpaired) electrons. The number of sulfonamides is 1. The largest absolute Gasteiger partial charge is 0.275 e. The zero-order valence-corrected chi connectivity index (χ0v) is 18.0. The predicted molar refractivity (Wildman–Crippen MR) is 124 cm³/mol. The Kier molecular flexibility index (Phi) is 4.52. The van der Waals surface area contributed by atoms with E-state index in [2.05, 4.69) is 4.83 Å². The van der Waals surface area contributed by atoms with E-state index >= 15 is 0 Å². The summed E-state index contributed by atoms with van der Waals surface area (Å²) >= 11 is 0. The first-order valence-corrected chi connectivity index (χ1v) is 11.5. The number of hydrogen-bond acceptors (Lipinski definition) is 3. The fourth-order valence-corrected chi connectivity index (χ4v) is 4.94. The first-order chi connectivity index (χ1) is 14.9. The predicted octanol–water partition coefficient (Wildman–Crippen LogP) is 5.36. The average Bonchev–Trinajstić information content (AvgIpc) is 3.13. The monoisotopic (exact) mass is 427 g/mol. The van der Waals surface area contributed by atoms with Crippen LogP contribution in [0.3, 0.4) is 0 Å². The first kappa shape index (κ1) is 19.3. The Hall–Kier alpha value is -3.64. The van der Waals surface area contributed by atoms with Crippen molar-refractivity contribution in [1.29, 1.82) is 0 Å². The van der Waals surface area contributed by atoms with Crippen molar-refractivity contribution in [2.45, 2.75) is 18.7 Å². The highest BCUT2D eigenvalue weighted by atomic mass is 32.2. The van der Waals surface area contributed by atoms with Crippen LogP contribution in [0.25, 0.3) is 33.3 Å². The molecule has 0 fully saturated rings. The van der Waals surface area contributed by atoms with E-state index in [1.165, 1.54) is 0 Å². The second-order valence-corrected chi connectivity index (χ2v) is 9.29.